The molecule has 15 heavy (non-hydrogen) atoms. The molecule has 1 aliphatic heterocycles. The zero-order valence-electron chi connectivity index (χ0n) is 9.07. The van der Waals surface area contributed by atoms with Crippen LogP contribution in [0.25, 0.3) is 0 Å². The highest BCUT2D eigenvalue weighted by atomic mass is 32.2. The number of aryl methyl sites for hydroxylation is 1. The number of imidazole rings is 1. The minimum absolute atomic E-state index is 0.605. The number of nitrogens with two attached hydrogens (primary N) is 1. The molecule has 2 aliphatic rings. The van der Waals surface area contributed by atoms with Gasteiger partial charge in [0.05, 0.1) is 5.69 Å². The van der Waals surface area contributed by atoms with E-state index in [9.17, 15) is 0 Å². The van der Waals surface area contributed by atoms with Gasteiger partial charge in [0.1, 0.15) is 11.6 Å². The van der Waals surface area contributed by atoms with Crippen LogP contribution in [-0.4, -0.2) is 21.1 Å². The lowest BCUT2D eigenvalue weighted by molar-refractivity contribution is 0.719. The monoisotopic (exact) mass is 223 g/mol. The normalized spacial score (nSPS) is 26.1. The van der Waals surface area contributed by atoms with Crippen LogP contribution in [0, 0.1) is 6.92 Å². The van der Waals surface area contributed by atoms with E-state index in [2.05, 4.69) is 16.5 Å². The number of nitrogen functional groups attached to an aromatic ring is 1. The number of aromatic nitrogens is 2. The lowest BCUT2D eigenvalue weighted by atomic mass is 10.1. The van der Waals surface area contributed by atoms with Crippen molar-refractivity contribution in [3.63, 3.8) is 0 Å². The third-order valence-corrected chi connectivity index (χ3v) is 4.54. The Kier molecular flexibility index (Phi) is 2.20. The van der Waals surface area contributed by atoms with E-state index in [1.165, 1.54) is 36.5 Å². The summed E-state index contributed by atoms with van der Waals surface area (Å²) >= 11 is 2.02. The predicted molar refractivity (Wildman–Crippen MR) is 64.3 cm³/mol. The van der Waals surface area contributed by atoms with Crippen LogP contribution >= 0.6 is 11.8 Å². The fraction of sp³-hybridized carbons (Fsp3) is 0.727. The van der Waals surface area contributed by atoms with Crippen molar-refractivity contribution < 1.29 is 0 Å². The van der Waals surface area contributed by atoms with Gasteiger partial charge in [-0.25, -0.2) is 4.98 Å². The van der Waals surface area contributed by atoms with E-state index < -0.39 is 0 Å². The van der Waals surface area contributed by atoms with Crippen molar-refractivity contribution in [3.8, 4) is 0 Å². The number of hydrogen-bond acceptors (Lipinski definition) is 3. The number of thioether (sulfide) groups is 1. The topological polar surface area (TPSA) is 43.8 Å². The minimum Gasteiger partial charge on any atom is -0.384 e. The Bertz CT molecular complexity index is 375. The molecular weight excluding hydrogens is 206 g/mol. The highest BCUT2D eigenvalue weighted by Gasteiger charge is 2.31. The molecule has 4 heteroatoms. The van der Waals surface area contributed by atoms with E-state index in [0.29, 0.717) is 12.0 Å². The molecule has 2 fully saturated rings. The highest BCUT2D eigenvalue weighted by Crippen LogP contribution is 2.42. The smallest absolute Gasteiger partial charge is 0.127 e. The maximum Gasteiger partial charge on any atom is 0.127 e. The van der Waals surface area contributed by atoms with E-state index in [1.54, 1.807) is 0 Å². The standard InChI is InChI=1S/C11H17N3S/c1-7-13-10(8-4-5-15-6-8)11(12)14(7)9-2-3-9/h8-9H,2-6,12H2,1H3. The Morgan fingerprint density at radius 3 is 2.80 bits per heavy atom. The molecule has 0 aromatic carbocycles. The highest BCUT2D eigenvalue weighted by molar-refractivity contribution is 7.99. The fourth-order valence-electron chi connectivity index (χ4n) is 2.43. The van der Waals surface area contributed by atoms with Crippen LogP contribution in [0.15, 0.2) is 0 Å². The van der Waals surface area contributed by atoms with E-state index >= 15 is 0 Å². The Labute approximate surface area is 94.4 Å². The van der Waals surface area contributed by atoms with Crippen molar-refractivity contribution >= 4 is 17.6 Å². The Morgan fingerprint density at radius 1 is 1.40 bits per heavy atom. The SMILES string of the molecule is Cc1nc(C2CCSC2)c(N)n1C1CC1. The number of rotatable bonds is 2. The van der Waals surface area contributed by atoms with E-state index in [0.717, 1.165) is 11.6 Å². The molecule has 1 saturated heterocycles. The van der Waals surface area contributed by atoms with E-state index in [1.807, 2.05) is 11.8 Å². The average molecular weight is 223 g/mol. The molecular formula is C11H17N3S. The summed E-state index contributed by atoms with van der Waals surface area (Å²) in [5, 5.41) is 0. The van der Waals surface area contributed by atoms with Gasteiger partial charge in [-0.3, -0.25) is 0 Å². The van der Waals surface area contributed by atoms with Crippen molar-refractivity contribution in [2.24, 2.45) is 0 Å². The van der Waals surface area contributed by atoms with Crippen molar-refractivity contribution in [2.75, 3.05) is 17.2 Å². The summed E-state index contributed by atoms with van der Waals surface area (Å²) in [6.45, 7) is 2.08. The largest absolute Gasteiger partial charge is 0.384 e. The lowest BCUT2D eigenvalue weighted by Gasteiger charge is -2.08. The quantitative estimate of drug-likeness (QED) is 0.837. The summed E-state index contributed by atoms with van der Waals surface area (Å²) < 4.78 is 2.25. The van der Waals surface area contributed by atoms with Crippen molar-refractivity contribution in [1.82, 2.24) is 9.55 Å². The van der Waals surface area contributed by atoms with E-state index in [4.69, 9.17) is 5.73 Å². The first kappa shape index (κ1) is 9.58. The average Bonchev–Trinajstić information content (AvgIpc) is 2.79. The van der Waals surface area contributed by atoms with Gasteiger partial charge in [-0.05, 0) is 31.9 Å². The zero-order chi connectivity index (χ0) is 10.4. The third kappa shape index (κ3) is 1.55. The fourth-order valence-corrected chi connectivity index (χ4v) is 3.65. The van der Waals surface area contributed by atoms with Gasteiger partial charge >= 0.3 is 0 Å². The number of hydrogen-bond donors (Lipinski definition) is 1. The second-order valence-electron chi connectivity index (χ2n) is 4.59. The third-order valence-electron chi connectivity index (χ3n) is 3.38. The van der Waals surface area contributed by atoms with Gasteiger partial charge in [0.25, 0.3) is 0 Å². The van der Waals surface area contributed by atoms with Gasteiger partial charge in [-0.15, -0.1) is 0 Å². The summed E-state index contributed by atoms with van der Waals surface area (Å²) in [6, 6.07) is 0.653. The van der Waals surface area contributed by atoms with Crippen LogP contribution < -0.4 is 5.73 Å². The van der Waals surface area contributed by atoms with Crippen LogP contribution in [0.4, 0.5) is 5.82 Å². The molecule has 0 radical (unpaired) electrons. The van der Waals surface area contributed by atoms with Crippen LogP contribution in [-0.2, 0) is 0 Å². The summed E-state index contributed by atoms with van der Waals surface area (Å²) in [5.74, 6) is 5.13. The molecule has 1 aromatic heterocycles. The van der Waals surface area contributed by atoms with Gasteiger partial charge in [0, 0.05) is 17.7 Å². The van der Waals surface area contributed by atoms with Crippen LogP contribution in [0.2, 0.25) is 0 Å². The molecule has 1 atom stereocenters. The predicted octanol–water partition coefficient (Wildman–Crippen LogP) is 2.33. The van der Waals surface area contributed by atoms with Gasteiger partial charge in [-0.1, -0.05) is 0 Å². The zero-order valence-corrected chi connectivity index (χ0v) is 9.89. The molecule has 2 heterocycles. The van der Waals surface area contributed by atoms with Crippen LogP contribution in [0.5, 0.6) is 0 Å². The minimum atomic E-state index is 0.605. The molecule has 1 aromatic rings. The molecule has 3 rings (SSSR count). The Hall–Kier alpha value is -0.640. The molecule has 1 unspecified atom stereocenters. The first-order chi connectivity index (χ1) is 7.27. The maximum atomic E-state index is 6.22. The summed E-state index contributed by atoms with van der Waals surface area (Å²) in [4.78, 5) is 4.68. The molecule has 82 valence electrons. The molecule has 1 saturated carbocycles. The van der Waals surface area contributed by atoms with Gasteiger partial charge in [0.2, 0.25) is 0 Å². The van der Waals surface area contributed by atoms with Crippen molar-refractivity contribution in [2.45, 2.75) is 38.1 Å². The Balaban J connectivity index is 1.97. The molecule has 3 nitrogen and oxygen atoms in total. The van der Waals surface area contributed by atoms with Crippen LogP contribution in [0.3, 0.4) is 0 Å². The molecule has 0 spiro atoms. The van der Waals surface area contributed by atoms with Crippen molar-refractivity contribution in [1.29, 1.82) is 0 Å². The molecule has 2 N–H and O–H groups in total. The van der Waals surface area contributed by atoms with Gasteiger partial charge < -0.3 is 10.3 Å². The van der Waals surface area contributed by atoms with Gasteiger partial charge in [0.15, 0.2) is 0 Å². The second-order valence-corrected chi connectivity index (χ2v) is 5.74. The summed E-state index contributed by atoms with van der Waals surface area (Å²) in [5.41, 5.74) is 7.39. The first-order valence-electron chi connectivity index (χ1n) is 5.69. The molecule has 0 bridgehead atoms. The van der Waals surface area contributed by atoms with Crippen molar-refractivity contribution in [3.05, 3.63) is 11.5 Å². The van der Waals surface area contributed by atoms with E-state index in [-0.39, 0.29) is 0 Å². The first-order valence-corrected chi connectivity index (χ1v) is 6.85. The number of nitrogens with zero attached hydrogens (tertiary/aromatic N) is 2. The Morgan fingerprint density at radius 2 is 2.20 bits per heavy atom. The lowest BCUT2D eigenvalue weighted by Crippen LogP contribution is -2.05. The molecule has 1 aliphatic carbocycles. The summed E-state index contributed by atoms with van der Waals surface area (Å²) in [6.07, 6.45) is 3.80. The number of anilines is 1. The van der Waals surface area contributed by atoms with Crippen LogP contribution in [0.1, 0.15) is 42.7 Å². The molecule has 0 amide bonds. The second kappa shape index (κ2) is 3.44. The van der Waals surface area contributed by atoms with Gasteiger partial charge in [-0.2, -0.15) is 11.8 Å². The maximum absolute atomic E-state index is 6.22. The summed E-state index contributed by atoms with van der Waals surface area (Å²) in [7, 11) is 0.